The maximum Gasteiger partial charge on any atom is 0.418 e. The molecule has 127 valence electrons. The number of hydrogen-bond acceptors (Lipinski definition) is 3. The van der Waals surface area contributed by atoms with E-state index in [1.807, 2.05) is 4.90 Å². The normalized spacial score (nSPS) is 22.5. The standard InChI is InChI=1S/C17H23F3N3/c1-21-10-12-22(13-11-21)14-6-8-23(9-7-14)16-5-3-2-4-15(16)17(18,19)20/h3-5,14H,6-13H2,1H3. The summed E-state index contributed by atoms with van der Waals surface area (Å²) in [6, 6.07) is 7.22. The van der Waals surface area contributed by atoms with E-state index < -0.39 is 11.7 Å². The number of piperidine rings is 1. The molecule has 1 radical (unpaired) electrons. The van der Waals surface area contributed by atoms with E-state index in [-0.39, 0.29) is 0 Å². The molecule has 2 heterocycles. The molecule has 2 aliphatic heterocycles. The van der Waals surface area contributed by atoms with Crippen LogP contribution in [-0.2, 0) is 6.18 Å². The number of benzene rings is 1. The summed E-state index contributed by atoms with van der Waals surface area (Å²) >= 11 is 0. The lowest BCUT2D eigenvalue weighted by Crippen LogP contribution is -2.52. The Hall–Kier alpha value is -1.27. The largest absolute Gasteiger partial charge is 0.418 e. The van der Waals surface area contributed by atoms with Crippen LogP contribution < -0.4 is 4.90 Å². The summed E-state index contributed by atoms with van der Waals surface area (Å²) in [5.41, 5.74) is -0.272. The summed E-state index contributed by atoms with van der Waals surface area (Å²) in [5.74, 6) is 0. The lowest BCUT2D eigenvalue weighted by molar-refractivity contribution is -0.137. The van der Waals surface area contributed by atoms with Crippen LogP contribution in [0.1, 0.15) is 18.4 Å². The Balaban J connectivity index is 1.63. The number of hydrogen-bond donors (Lipinski definition) is 0. The summed E-state index contributed by atoms with van der Waals surface area (Å²) in [4.78, 5) is 6.70. The number of alkyl halides is 3. The first-order valence-corrected chi connectivity index (χ1v) is 8.20. The second-order valence-corrected chi connectivity index (χ2v) is 6.50. The van der Waals surface area contributed by atoms with Gasteiger partial charge in [0.05, 0.1) is 5.56 Å². The molecule has 0 amide bonds. The van der Waals surface area contributed by atoms with Gasteiger partial charge in [-0.15, -0.1) is 0 Å². The summed E-state index contributed by atoms with van der Waals surface area (Å²) in [6.45, 7) is 5.65. The molecule has 0 unspecified atom stereocenters. The van der Waals surface area contributed by atoms with Gasteiger partial charge in [0.15, 0.2) is 0 Å². The fourth-order valence-electron chi connectivity index (χ4n) is 3.58. The lowest BCUT2D eigenvalue weighted by Gasteiger charge is -2.43. The van der Waals surface area contributed by atoms with Crippen LogP contribution in [0.4, 0.5) is 18.9 Å². The van der Waals surface area contributed by atoms with E-state index in [0.29, 0.717) is 24.8 Å². The Morgan fingerprint density at radius 1 is 1.04 bits per heavy atom. The smallest absolute Gasteiger partial charge is 0.371 e. The molecule has 0 aliphatic carbocycles. The van der Waals surface area contributed by atoms with Crippen LogP contribution in [0.2, 0.25) is 0 Å². The second kappa shape index (κ2) is 6.69. The highest BCUT2D eigenvalue weighted by atomic mass is 19.4. The highest BCUT2D eigenvalue weighted by Gasteiger charge is 2.36. The summed E-state index contributed by atoms with van der Waals surface area (Å²) in [5, 5.41) is 0. The predicted molar refractivity (Wildman–Crippen MR) is 84.6 cm³/mol. The van der Waals surface area contributed by atoms with Crippen molar-refractivity contribution in [2.75, 3.05) is 51.2 Å². The number of likely N-dealkylation sites (N-methyl/N-ethyl adjacent to an activating group) is 1. The Morgan fingerprint density at radius 2 is 1.70 bits per heavy atom. The molecule has 2 saturated heterocycles. The van der Waals surface area contributed by atoms with Crippen LogP contribution in [0.25, 0.3) is 0 Å². The van der Waals surface area contributed by atoms with E-state index in [4.69, 9.17) is 0 Å². The van der Waals surface area contributed by atoms with Gasteiger partial charge < -0.3 is 9.80 Å². The molecule has 23 heavy (non-hydrogen) atoms. The molecular weight excluding hydrogens is 303 g/mol. The quantitative estimate of drug-likeness (QED) is 0.827. The average molecular weight is 326 g/mol. The van der Waals surface area contributed by atoms with Crippen molar-refractivity contribution in [3.8, 4) is 0 Å². The molecule has 3 rings (SSSR count). The SMILES string of the molecule is CN1CCN(C2CCN(c3cc[c]cc3C(F)(F)F)CC2)CC1. The molecule has 2 aliphatic rings. The monoisotopic (exact) mass is 326 g/mol. The Morgan fingerprint density at radius 3 is 2.30 bits per heavy atom. The van der Waals surface area contributed by atoms with Gasteiger partial charge in [-0.3, -0.25) is 4.90 Å². The maximum absolute atomic E-state index is 13.1. The predicted octanol–water partition coefficient (Wildman–Crippen LogP) is 2.72. The van der Waals surface area contributed by atoms with Gasteiger partial charge in [-0.25, -0.2) is 0 Å². The fourth-order valence-corrected chi connectivity index (χ4v) is 3.58. The zero-order valence-corrected chi connectivity index (χ0v) is 13.4. The van der Waals surface area contributed by atoms with Crippen LogP contribution >= 0.6 is 0 Å². The van der Waals surface area contributed by atoms with E-state index in [1.165, 1.54) is 0 Å². The van der Waals surface area contributed by atoms with E-state index in [9.17, 15) is 13.2 Å². The molecular formula is C17H23F3N3. The van der Waals surface area contributed by atoms with E-state index in [2.05, 4.69) is 22.9 Å². The van der Waals surface area contributed by atoms with E-state index >= 15 is 0 Å². The minimum Gasteiger partial charge on any atom is -0.371 e. The molecule has 0 N–H and O–H groups in total. The van der Waals surface area contributed by atoms with Crippen LogP contribution in [0.5, 0.6) is 0 Å². The first kappa shape index (κ1) is 16.6. The van der Waals surface area contributed by atoms with Gasteiger partial charge in [-0.05, 0) is 38.1 Å². The molecule has 0 saturated carbocycles. The molecule has 0 spiro atoms. The van der Waals surface area contributed by atoms with Crippen molar-refractivity contribution in [2.24, 2.45) is 0 Å². The Kier molecular flexibility index (Phi) is 4.82. The van der Waals surface area contributed by atoms with E-state index in [1.54, 1.807) is 12.1 Å². The fraction of sp³-hybridized carbons (Fsp3) is 0.647. The molecule has 0 bridgehead atoms. The van der Waals surface area contributed by atoms with Crippen molar-refractivity contribution in [3.05, 3.63) is 29.8 Å². The number of halogens is 3. The molecule has 0 aromatic heterocycles. The van der Waals surface area contributed by atoms with Gasteiger partial charge in [-0.1, -0.05) is 6.07 Å². The number of nitrogens with zero attached hydrogens (tertiary/aromatic N) is 3. The zero-order chi connectivity index (χ0) is 16.4. The van der Waals surface area contributed by atoms with Gasteiger partial charge in [0.1, 0.15) is 0 Å². The number of anilines is 1. The van der Waals surface area contributed by atoms with Crippen molar-refractivity contribution >= 4 is 5.69 Å². The van der Waals surface area contributed by atoms with Gasteiger partial charge in [-0.2, -0.15) is 13.2 Å². The Bertz CT molecular complexity index is 516. The zero-order valence-electron chi connectivity index (χ0n) is 13.4. The first-order valence-electron chi connectivity index (χ1n) is 8.20. The van der Waals surface area contributed by atoms with Crippen molar-refractivity contribution in [3.63, 3.8) is 0 Å². The molecule has 6 heteroatoms. The Labute approximate surface area is 135 Å². The van der Waals surface area contributed by atoms with Gasteiger partial charge in [0.25, 0.3) is 0 Å². The first-order chi connectivity index (χ1) is 10.9. The summed E-state index contributed by atoms with van der Waals surface area (Å²) < 4.78 is 39.4. The number of piperazine rings is 1. The molecule has 3 nitrogen and oxygen atoms in total. The molecule has 2 fully saturated rings. The van der Waals surface area contributed by atoms with Crippen LogP contribution in [-0.4, -0.2) is 62.2 Å². The lowest BCUT2D eigenvalue weighted by atomic mass is 10.0. The highest BCUT2D eigenvalue weighted by Crippen LogP contribution is 2.37. The van der Waals surface area contributed by atoms with Gasteiger partial charge in [0.2, 0.25) is 0 Å². The average Bonchev–Trinajstić information content (AvgIpc) is 2.55. The molecule has 1 aromatic carbocycles. The molecule has 1 aromatic rings. The minimum atomic E-state index is -4.32. The molecule has 0 atom stereocenters. The third-order valence-corrected chi connectivity index (χ3v) is 5.01. The van der Waals surface area contributed by atoms with Crippen molar-refractivity contribution in [1.29, 1.82) is 0 Å². The summed E-state index contributed by atoms with van der Waals surface area (Å²) in [7, 11) is 2.13. The van der Waals surface area contributed by atoms with Gasteiger partial charge in [0, 0.05) is 51.0 Å². The topological polar surface area (TPSA) is 9.72 Å². The van der Waals surface area contributed by atoms with E-state index in [0.717, 1.165) is 45.1 Å². The number of rotatable bonds is 2. The van der Waals surface area contributed by atoms with Crippen molar-refractivity contribution in [2.45, 2.75) is 25.1 Å². The third kappa shape index (κ3) is 3.80. The van der Waals surface area contributed by atoms with Crippen molar-refractivity contribution in [1.82, 2.24) is 9.80 Å². The second-order valence-electron chi connectivity index (χ2n) is 6.50. The van der Waals surface area contributed by atoms with Crippen LogP contribution in [0, 0.1) is 6.07 Å². The van der Waals surface area contributed by atoms with Gasteiger partial charge >= 0.3 is 6.18 Å². The summed E-state index contributed by atoms with van der Waals surface area (Å²) in [6.07, 6.45) is -2.46. The highest BCUT2D eigenvalue weighted by molar-refractivity contribution is 5.55. The van der Waals surface area contributed by atoms with Crippen molar-refractivity contribution < 1.29 is 13.2 Å². The maximum atomic E-state index is 13.1. The minimum absolute atomic E-state index is 0.299. The van der Waals surface area contributed by atoms with Crippen LogP contribution in [0.15, 0.2) is 18.2 Å². The van der Waals surface area contributed by atoms with Crippen LogP contribution in [0.3, 0.4) is 0 Å². The third-order valence-electron chi connectivity index (χ3n) is 5.01.